The lowest BCUT2D eigenvalue weighted by Gasteiger charge is -2.13. The summed E-state index contributed by atoms with van der Waals surface area (Å²) >= 11 is 0. The maximum Gasteiger partial charge on any atom is 0.330 e. The smallest absolute Gasteiger partial charge is 0.330 e. The van der Waals surface area contributed by atoms with E-state index in [4.69, 9.17) is 9.47 Å². The summed E-state index contributed by atoms with van der Waals surface area (Å²) in [5.41, 5.74) is 4.71. The van der Waals surface area contributed by atoms with E-state index in [2.05, 4.69) is 25.6 Å². The Morgan fingerprint density at radius 2 is 1.71 bits per heavy atom. The van der Waals surface area contributed by atoms with Crippen LogP contribution in [0.1, 0.15) is 37.3 Å². The molecule has 0 amide bonds. The SMILES string of the molecule is C=CC(=O)OCCOc1cc(-c2ccc(-c3ccc(CCCCC)cc3)cc2F)ccc1CO. The van der Waals surface area contributed by atoms with Gasteiger partial charge in [0.15, 0.2) is 0 Å². The number of aliphatic hydroxyl groups is 1. The van der Waals surface area contributed by atoms with Gasteiger partial charge < -0.3 is 14.6 Å². The van der Waals surface area contributed by atoms with Gasteiger partial charge in [-0.25, -0.2) is 9.18 Å². The standard InChI is InChI=1S/C29H31FO4/c1-3-5-6-7-21-8-10-22(11-9-21)23-14-15-26(27(30)18-23)24-12-13-25(20-31)28(19-24)33-16-17-34-29(32)4-2/h4,8-15,18-19,31H,2-3,5-7,16-17,20H2,1H3. The highest BCUT2D eigenvalue weighted by molar-refractivity contribution is 5.81. The van der Waals surface area contributed by atoms with Crippen molar-refractivity contribution in [1.29, 1.82) is 0 Å². The van der Waals surface area contributed by atoms with Gasteiger partial charge in [-0.1, -0.05) is 74.9 Å². The van der Waals surface area contributed by atoms with Crippen LogP contribution in [0.5, 0.6) is 5.75 Å². The van der Waals surface area contributed by atoms with Gasteiger partial charge >= 0.3 is 5.97 Å². The molecule has 3 rings (SSSR count). The van der Waals surface area contributed by atoms with Gasteiger partial charge in [-0.15, -0.1) is 0 Å². The first-order valence-electron chi connectivity index (χ1n) is 11.6. The van der Waals surface area contributed by atoms with Crippen molar-refractivity contribution in [2.75, 3.05) is 13.2 Å². The molecule has 3 aromatic carbocycles. The fourth-order valence-electron chi connectivity index (χ4n) is 3.71. The summed E-state index contributed by atoms with van der Waals surface area (Å²) in [6.07, 6.45) is 5.74. The van der Waals surface area contributed by atoms with E-state index in [-0.39, 0.29) is 25.6 Å². The van der Waals surface area contributed by atoms with Gasteiger partial charge in [0.05, 0.1) is 6.61 Å². The van der Waals surface area contributed by atoms with Crippen molar-refractivity contribution in [1.82, 2.24) is 0 Å². The zero-order valence-corrected chi connectivity index (χ0v) is 19.6. The number of aryl methyl sites for hydroxylation is 1. The summed E-state index contributed by atoms with van der Waals surface area (Å²) in [4.78, 5) is 11.1. The summed E-state index contributed by atoms with van der Waals surface area (Å²) in [6.45, 7) is 5.45. The molecule has 0 aliphatic heterocycles. The molecule has 0 atom stereocenters. The molecule has 4 nitrogen and oxygen atoms in total. The summed E-state index contributed by atoms with van der Waals surface area (Å²) in [5.74, 6) is -0.461. The van der Waals surface area contributed by atoms with Crippen LogP contribution in [-0.4, -0.2) is 24.3 Å². The molecule has 0 fully saturated rings. The Morgan fingerprint density at radius 1 is 0.971 bits per heavy atom. The third-order valence-electron chi connectivity index (χ3n) is 5.63. The average Bonchev–Trinajstić information content (AvgIpc) is 2.87. The minimum atomic E-state index is -0.534. The Morgan fingerprint density at radius 3 is 2.38 bits per heavy atom. The Kier molecular flexibility index (Phi) is 9.41. The van der Waals surface area contributed by atoms with E-state index in [0.717, 1.165) is 23.6 Å². The number of ether oxygens (including phenoxy) is 2. The third kappa shape index (κ3) is 6.78. The molecule has 0 radical (unpaired) electrons. The molecule has 0 aliphatic carbocycles. The summed E-state index contributed by atoms with van der Waals surface area (Å²) < 4.78 is 25.7. The van der Waals surface area contributed by atoms with Crippen molar-refractivity contribution in [2.24, 2.45) is 0 Å². The summed E-state index contributed by atoms with van der Waals surface area (Å²) in [7, 11) is 0. The maximum absolute atomic E-state index is 15.1. The number of carbonyl (C=O) groups excluding carboxylic acids is 1. The number of hydrogen-bond acceptors (Lipinski definition) is 4. The number of esters is 1. The second-order valence-corrected chi connectivity index (χ2v) is 8.05. The topological polar surface area (TPSA) is 55.8 Å². The molecule has 0 aromatic heterocycles. The van der Waals surface area contributed by atoms with Crippen molar-refractivity contribution >= 4 is 5.97 Å². The largest absolute Gasteiger partial charge is 0.490 e. The lowest BCUT2D eigenvalue weighted by Crippen LogP contribution is -2.11. The van der Waals surface area contributed by atoms with E-state index in [1.54, 1.807) is 24.3 Å². The number of carbonyl (C=O) groups is 1. The highest BCUT2D eigenvalue weighted by atomic mass is 19.1. The second-order valence-electron chi connectivity index (χ2n) is 8.05. The molecule has 5 heteroatoms. The lowest BCUT2D eigenvalue weighted by atomic mass is 9.97. The quantitative estimate of drug-likeness (QED) is 0.190. The first kappa shape index (κ1) is 25.2. The van der Waals surface area contributed by atoms with Crippen molar-refractivity contribution < 1.29 is 23.8 Å². The van der Waals surface area contributed by atoms with Crippen LogP contribution < -0.4 is 4.74 Å². The molecule has 0 aliphatic rings. The van der Waals surface area contributed by atoms with Crippen molar-refractivity contribution in [3.8, 4) is 28.0 Å². The molecule has 0 saturated heterocycles. The first-order chi connectivity index (χ1) is 16.5. The number of hydrogen-bond donors (Lipinski definition) is 1. The van der Waals surface area contributed by atoms with Crippen molar-refractivity contribution in [2.45, 2.75) is 39.2 Å². The van der Waals surface area contributed by atoms with Crippen molar-refractivity contribution in [3.63, 3.8) is 0 Å². The van der Waals surface area contributed by atoms with Gasteiger partial charge in [0.1, 0.15) is 24.8 Å². The van der Waals surface area contributed by atoms with Crippen LogP contribution in [0.25, 0.3) is 22.3 Å². The second kappa shape index (κ2) is 12.7. The normalized spacial score (nSPS) is 10.7. The number of aliphatic hydroxyl groups excluding tert-OH is 1. The molecule has 0 saturated carbocycles. The number of rotatable bonds is 12. The van der Waals surface area contributed by atoms with E-state index < -0.39 is 5.97 Å². The Hall–Kier alpha value is -3.44. The molecular formula is C29H31FO4. The number of benzene rings is 3. The van der Waals surface area contributed by atoms with Gasteiger partial charge in [-0.2, -0.15) is 0 Å². The fraction of sp³-hybridized carbons (Fsp3) is 0.276. The van der Waals surface area contributed by atoms with Gasteiger partial charge in [0.25, 0.3) is 0 Å². The van der Waals surface area contributed by atoms with Crippen LogP contribution in [0, 0.1) is 5.82 Å². The van der Waals surface area contributed by atoms with Crippen LogP contribution >= 0.6 is 0 Å². The van der Waals surface area contributed by atoms with Gasteiger partial charge in [0, 0.05) is 17.2 Å². The van der Waals surface area contributed by atoms with Crippen LogP contribution in [0.3, 0.4) is 0 Å². The summed E-state index contributed by atoms with van der Waals surface area (Å²) in [6, 6.07) is 18.6. The molecule has 0 bridgehead atoms. The highest BCUT2D eigenvalue weighted by Gasteiger charge is 2.12. The number of halogens is 1. The first-order valence-corrected chi connectivity index (χ1v) is 11.6. The molecule has 1 N–H and O–H groups in total. The van der Waals surface area contributed by atoms with E-state index in [1.165, 1.54) is 30.9 Å². The lowest BCUT2D eigenvalue weighted by molar-refractivity contribution is -0.138. The zero-order chi connectivity index (χ0) is 24.3. The minimum Gasteiger partial charge on any atom is -0.490 e. The highest BCUT2D eigenvalue weighted by Crippen LogP contribution is 2.32. The Labute approximate surface area is 200 Å². The molecule has 0 spiro atoms. The molecular weight excluding hydrogens is 431 g/mol. The van der Waals surface area contributed by atoms with Crippen LogP contribution in [-0.2, 0) is 22.6 Å². The molecule has 0 unspecified atom stereocenters. The van der Waals surface area contributed by atoms with Gasteiger partial charge in [-0.05, 0) is 47.2 Å². The van der Waals surface area contributed by atoms with Gasteiger partial charge in [0.2, 0.25) is 0 Å². The van der Waals surface area contributed by atoms with Crippen molar-refractivity contribution in [3.05, 3.63) is 90.3 Å². The van der Waals surface area contributed by atoms with E-state index >= 15 is 4.39 Å². The van der Waals surface area contributed by atoms with E-state index in [0.29, 0.717) is 22.4 Å². The van der Waals surface area contributed by atoms with Crippen LogP contribution in [0.2, 0.25) is 0 Å². The van der Waals surface area contributed by atoms with Crippen LogP contribution in [0.4, 0.5) is 4.39 Å². The van der Waals surface area contributed by atoms with Crippen LogP contribution in [0.15, 0.2) is 73.3 Å². The molecule has 178 valence electrons. The average molecular weight is 463 g/mol. The van der Waals surface area contributed by atoms with E-state index in [1.807, 2.05) is 18.2 Å². The third-order valence-corrected chi connectivity index (χ3v) is 5.63. The monoisotopic (exact) mass is 462 g/mol. The maximum atomic E-state index is 15.1. The molecule has 3 aromatic rings. The Balaban J connectivity index is 1.74. The predicted octanol–water partition coefficient (Wildman–Crippen LogP) is 6.49. The summed E-state index contributed by atoms with van der Waals surface area (Å²) in [5, 5.41) is 9.61. The fourth-order valence-corrected chi connectivity index (χ4v) is 3.71. The predicted molar refractivity (Wildman–Crippen MR) is 133 cm³/mol. The van der Waals surface area contributed by atoms with Gasteiger partial charge in [-0.3, -0.25) is 0 Å². The number of unbranched alkanes of at least 4 members (excludes halogenated alkanes) is 2. The Bertz CT molecular complexity index is 1110. The minimum absolute atomic E-state index is 0.0421. The molecule has 0 heterocycles. The zero-order valence-electron chi connectivity index (χ0n) is 19.6. The van der Waals surface area contributed by atoms with E-state index in [9.17, 15) is 9.90 Å². The molecule has 34 heavy (non-hydrogen) atoms.